The average molecular weight is 331 g/mol. The van der Waals surface area contributed by atoms with Crippen LogP contribution in [0.5, 0.6) is 0 Å². The Morgan fingerprint density at radius 1 is 1.33 bits per heavy atom. The summed E-state index contributed by atoms with van der Waals surface area (Å²) in [4.78, 5) is 23.3. The normalized spacial score (nSPS) is 11.8. The molecule has 1 unspecified atom stereocenters. The number of aryl methyl sites for hydroxylation is 2. The maximum Gasteiger partial charge on any atom is 0.408 e. The molecule has 0 fully saturated rings. The van der Waals surface area contributed by atoms with Crippen LogP contribution in [-0.2, 0) is 29.1 Å². The Balaban J connectivity index is 1.95. The summed E-state index contributed by atoms with van der Waals surface area (Å²) in [5, 5.41) is 16.0. The predicted molar refractivity (Wildman–Crippen MR) is 87.5 cm³/mol. The first kappa shape index (κ1) is 17.5. The Hall–Kier alpha value is -2.83. The number of carboxylic acid groups (broad SMARTS) is 1. The molecule has 24 heavy (non-hydrogen) atoms. The fourth-order valence-electron chi connectivity index (χ4n) is 2.35. The second-order valence-corrected chi connectivity index (χ2v) is 5.39. The van der Waals surface area contributed by atoms with E-state index >= 15 is 0 Å². The van der Waals surface area contributed by atoms with Crippen LogP contribution in [0.4, 0.5) is 4.79 Å². The van der Waals surface area contributed by atoms with E-state index < -0.39 is 18.1 Å². The quantitative estimate of drug-likeness (QED) is 0.811. The summed E-state index contributed by atoms with van der Waals surface area (Å²) in [5.41, 5.74) is 2.40. The number of hydrogen-bond acceptors (Lipinski definition) is 4. The number of aromatic nitrogens is 2. The van der Waals surface area contributed by atoms with Crippen molar-refractivity contribution < 1.29 is 19.4 Å². The predicted octanol–water partition coefficient (Wildman–Crippen LogP) is 2.13. The van der Waals surface area contributed by atoms with Gasteiger partial charge in [-0.2, -0.15) is 5.10 Å². The van der Waals surface area contributed by atoms with E-state index in [0.29, 0.717) is 6.54 Å². The van der Waals surface area contributed by atoms with Crippen LogP contribution in [0.15, 0.2) is 36.4 Å². The SMILES string of the molecule is CCn1nc(C)cc1CC(NC(=O)OCc1ccccc1)C(=O)O. The summed E-state index contributed by atoms with van der Waals surface area (Å²) in [6.45, 7) is 4.49. The van der Waals surface area contributed by atoms with Gasteiger partial charge < -0.3 is 15.2 Å². The Morgan fingerprint density at radius 2 is 2.04 bits per heavy atom. The molecule has 7 heteroatoms. The van der Waals surface area contributed by atoms with Crippen molar-refractivity contribution in [2.75, 3.05) is 0 Å². The first-order valence-corrected chi connectivity index (χ1v) is 7.73. The number of nitrogens with zero attached hydrogens (tertiary/aromatic N) is 2. The van der Waals surface area contributed by atoms with Gasteiger partial charge in [-0.1, -0.05) is 30.3 Å². The minimum Gasteiger partial charge on any atom is -0.480 e. The van der Waals surface area contributed by atoms with E-state index in [-0.39, 0.29) is 13.0 Å². The Morgan fingerprint density at radius 3 is 2.67 bits per heavy atom. The third-order valence-electron chi connectivity index (χ3n) is 3.50. The number of carbonyl (C=O) groups is 2. The van der Waals surface area contributed by atoms with E-state index in [1.807, 2.05) is 50.2 Å². The first-order valence-electron chi connectivity index (χ1n) is 7.73. The highest BCUT2D eigenvalue weighted by Gasteiger charge is 2.23. The second-order valence-electron chi connectivity index (χ2n) is 5.39. The average Bonchev–Trinajstić information content (AvgIpc) is 2.93. The van der Waals surface area contributed by atoms with E-state index in [1.165, 1.54) is 0 Å². The number of alkyl carbamates (subject to hydrolysis) is 1. The smallest absolute Gasteiger partial charge is 0.408 e. The maximum absolute atomic E-state index is 11.9. The van der Waals surface area contributed by atoms with Crippen molar-refractivity contribution in [3.63, 3.8) is 0 Å². The molecule has 0 saturated carbocycles. The van der Waals surface area contributed by atoms with E-state index in [2.05, 4.69) is 10.4 Å². The van der Waals surface area contributed by atoms with Crippen LogP contribution >= 0.6 is 0 Å². The van der Waals surface area contributed by atoms with Gasteiger partial charge in [0.15, 0.2) is 0 Å². The zero-order valence-corrected chi connectivity index (χ0v) is 13.7. The van der Waals surface area contributed by atoms with Crippen LogP contribution in [-0.4, -0.2) is 33.0 Å². The van der Waals surface area contributed by atoms with Gasteiger partial charge >= 0.3 is 12.1 Å². The van der Waals surface area contributed by atoms with Crippen molar-refractivity contribution in [3.05, 3.63) is 53.3 Å². The van der Waals surface area contributed by atoms with Gasteiger partial charge in [-0.25, -0.2) is 9.59 Å². The van der Waals surface area contributed by atoms with Crippen molar-refractivity contribution >= 4 is 12.1 Å². The lowest BCUT2D eigenvalue weighted by Crippen LogP contribution is -2.42. The lowest BCUT2D eigenvalue weighted by Gasteiger charge is -2.15. The zero-order valence-electron chi connectivity index (χ0n) is 13.7. The highest BCUT2D eigenvalue weighted by atomic mass is 16.5. The monoisotopic (exact) mass is 331 g/mol. The summed E-state index contributed by atoms with van der Waals surface area (Å²) < 4.78 is 6.80. The molecule has 0 bridgehead atoms. The molecule has 1 amide bonds. The van der Waals surface area contributed by atoms with Gasteiger partial charge in [-0.05, 0) is 25.5 Å². The highest BCUT2D eigenvalue weighted by molar-refractivity contribution is 5.80. The summed E-state index contributed by atoms with van der Waals surface area (Å²) >= 11 is 0. The van der Waals surface area contributed by atoms with E-state index in [9.17, 15) is 14.7 Å². The van der Waals surface area contributed by atoms with Gasteiger partial charge in [0.25, 0.3) is 0 Å². The molecule has 0 saturated heterocycles. The number of hydrogen-bond donors (Lipinski definition) is 2. The summed E-state index contributed by atoms with van der Waals surface area (Å²) in [5.74, 6) is -1.12. The fourth-order valence-corrected chi connectivity index (χ4v) is 2.35. The number of amides is 1. The largest absolute Gasteiger partial charge is 0.480 e. The highest BCUT2D eigenvalue weighted by Crippen LogP contribution is 2.08. The first-order chi connectivity index (χ1) is 11.5. The maximum atomic E-state index is 11.9. The van der Waals surface area contributed by atoms with E-state index in [0.717, 1.165) is 17.0 Å². The molecular weight excluding hydrogens is 310 g/mol. The van der Waals surface area contributed by atoms with Crippen LogP contribution < -0.4 is 5.32 Å². The van der Waals surface area contributed by atoms with Gasteiger partial charge in [-0.15, -0.1) is 0 Å². The molecule has 1 aromatic heterocycles. The minimum atomic E-state index is -1.12. The zero-order chi connectivity index (χ0) is 17.5. The molecule has 1 heterocycles. The molecule has 0 radical (unpaired) electrons. The molecule has 2 N–H and O–H groups in total. The van der Waals surface area contributed by atoms with Crippen LogP contribution in [0.25, 0.3) is 0 Å². The van der Waals surface area contributed by atoms with Gasteiger partial charge in [0.1, 0.15) is 12.6 Å². The molecule has 0 aliphatic carbocycles. The minimum absolute atomic E-state index is 0.0883. The molecule has 1 aromatic carbocycles. The Labute approximate surface area is 140 Å². The van der Waals surface area contributed by atoms with Gasteiger partial charge in [0.2, 0.25) is 0 Å². The van der Waals surface area contributed by atoms with Crippen LogP contribution in [0, 0.1) is 6.92 Å². The number of ether oxygens (including phenoxy) is 1. The van der Waals surface area contributed by atoms with Crippen LogP contribution in [0.2, 0.25) is 0 Å². The lowest BCUT2D eigenvalue weighted by atomic mass is 10.1. The van der Waals surface area contributed by atoms with E-state index in [4.69, 9.17) is 4.74 Å². The molecule has 128 valence electrons. The summed E-state index contributed by atoms with van der Waals surface area (Å²) in [7, 11) is 0. The molecule has 0 spiro atoms. The number of carbonyl (C=O) groups excluding carboxylic acids is 1. The molecule has 2 rings (SSSR count). The standard InChI is InChI=1S/C17H21N3O4/c1-3-20-14(9-12(2)19-20)10-15(16(21)22)18-17(23)24-11-13-7-5-4-6-8-13/h4-9,15H,3,10-11H2,1-2H3,(H,18,23)(H,21,22). The number of rotatable bonds is 7. The third-order valence-corrected chi connectivity index (χ3v) is 3.50. The van der Waals surface area contributed by atoms with Crippen LogP contribution in [0.3, 0.4) is 0 Å². The Bertz CT molecular complexity index is 697. The lowest BCUT2D eigenvalue weighted by molar-refractivity contribution is -0.139. The van der Waals surface area contributed by atoms with Crippen molar-refractivity contribution in [2.45, 2.75) is 39.5 Å². The summed E-state index contributed by atoms with van der Waals surface area (Å²) in [6.07, 6.45) is -0.615. The molecule has 2 aromatic rings. The van der Waals surface area contributed by atoms with Crippen molar-refractivity contribution in [1.29, 1.82) is 0 Å². The van der Waals surface area contributed by atoms with Crippen molar-refractivity contribution in [3.8, 4) is 0 Å². The fraction of sp³-hybridized carbons (Fsp3) is 0.353. The van der Waals surface area contributed by atoms with Crippen LogP contribution in [0.1, 0.15) is 23.9 Å². The molecule has 0 aliphatic heterocycles. The molecule has 1 atom stereocenters. The van der Waals surface area contributed by atoms with Gasteiger partial charge in [-0.3, -0.25) is 4.68 Å². The third kappa shape index (κ3) is 4.84. The Kier molecular flexibility index (Phi) is 5.95. The van der Waals surface area contributed by atoms with Crippen molar-refractivity contribution in [2.24, 2.45) is 0 Å². The molecule has 7 nitrogen and oxygen atoms in total. The number of benzene rings is 1. The van der Waals surface area contributed by atoms with E-state index in [1.54, 1.807) is 4.68 Å². The second kappa shape index (κ2) is 8.14. The molecular formula is C17H21N3O4. The summed E-state index contributed by atoms with van der Waals surface area (Å²) in [6, 6.07) is 9.93. The van der Waals surface area contributed by atoms with Gasteiger partial charge in [0.05, 0.1) is 5.69 Å². The van der Waals surface area contributed by atoms with Crippen molar-refractivity contribution in [1.82, 2.24) is 15.1 Å². The molecule has 0 aliphatic rings. The topological polar surface area (TPSA) is 93.5 Å². The number of carboxylic acids is 1. The van der Waals surface area contributed by atoms with Gasteiger partial charge in [0, 0.05) is 18.7 Å². The number of aliphatic carboxylic acids is 1. The number of nitrogens with one attached hydrogen (secondary N) is 1.